The first-order valence-electron chi connectivity index (χ1n) is 7.75. The molecule has 3 aromatic carbocycles. The van der Waals surface area contributed by atoms with Crippen LogP contribution in [-0.4, -0.2) is 10.8 Å². The number of para-hydroxylation sites is 3. The number of nitro groups is 1. The number of benzene rings is 3. The van der Waals surface area contributed by atoms with Crippen molar-refractivity contribution in [2.24, 2.45) is 0 Å². The molecule has 0 unspecified atom stereocenters. The molecule has 1 N–H and O–H groups in total. The van der Waals surface area contributed by atoms with Crippen LogP contribution in [0.3, 0.4) is 0 Å². The fourth-order valence-electron chi connectivity index (χ4n) is 2.67. The maximum atomic E-state index is 12.5. The minimum Gasteiger partial charge on any atom is -0.457 e. The van der Waals surface area contributed by atoms with E-state index in [9.17, 15) is 14.9 Å². The van der Waals surface area contributed by atoms with Crippen LogP contribution in [-0.2, 0) is 0 Å². The Morgan fingerprint density at radius 2 is 1.65 bits per heavy atom. The van der Waals surface area contributed by atoms with E-state index < -0.39 is 16.5 Å². The summed E-state index contributed by atoms with van der Waals surface area (Å²) in [6.07, 6.45) is 0. The number of hydrogen-bond acceptors (Lipinski definition) is 5. The summed E-state index contributed by atoms with van der Waals surface area (Å²) in [6.45, 7) is 0. The molecule has 7 nitrogen and oxygen atoms in total. The zero-order valence-electron chi connectivity index (χ0n) is 13.3. The van der Waals surface area contributed by atoms with E-state index in [-0.39, 0.29) is 17.1 Å². The molecular formula is C19H12N2O5. The second-order valence-corrected chi connectivity index (χ2v) is 5.54. The number of nitrogens with one attached hydrogen (secondary N) is 1. The predicted octanol–water partition coefficient (Wildman–Crippen LogP) is 4.75. The molecule has 1 aliphatic rings. The SMILES string of the molecule is O=C1Nc2ccccc2Oc2cc(Oc3ccccc3)cc([N+](=O)[O-])c21. The molecule has 0 radical (unpaired) electrons. The zero-order valence-corrected chi connectivity index (χ0v) is 13.3. The lowest BCUT2D eigenvalue weighted by atomic mass is 10.1. The van der Waals surface area contributed by atoms with Crippen molar-refractivity contribution < 1.29 is 19.2 Å². The average molecular weight is 348 g/mol. The Kier molecular flexibility index (Phi) is 3.74. The van der Waals surface area contributed by atoms with E-state index in [2.05, 4.69) is 5.32 Å². The Morgan fingerprint density at radius 1 is 0.923 bits per heavy atom. The number of carbonyl (C=O) groups is 1. The van der Waals surface area contributed by atoms with Crippen LogP contribution >= 0.6 is 0 Å². The summed E-state index contributed by atoms with van der Waals surface area (Å²) in [5.41, 5.74) is -0.0983. The number of nitrogens with zero attached hydrogens (tertiary/aromatic N) is 1. The molecule has 1 aliphatic heterocycles. The molecule has 0 atom stereocenters. The molecule has 1 heterocycles. The first-order valence-corrected chi connectivity index (χ1v) is 7.75. The number of carbonyl (C=O) groups excluding carboxylic acids is 1. The smallest absolute Gasteiger partial charge is 0.289 e. The first-order chi connectivity index (χ1) is 12.6. The van der Waals surface area contributed by atoms with E-state index in [0.29, 0.717) is 17.2 Å². The highest BCUT2D eigenvalue weighted by Crippen LogP contribution is 2.42. The topological polar surface area (TPSA) is 90.7 Å². The number of fused-ring (bicyclic) bond motifs is 2. The number of nitro benzene ring substituents is 1. The Labute approximate surface area is 147 Å². The van der Waals surface area contributed by atoms with Crippen molar-refractivity contribution in [3.63, 3.8) is 0 Å². The predicted molar refractivity (Wildman–Crippen MR) is 94.1 cm³/mol. The van der Waals surface area contributed by atoms with Gasteiger partial charge in [0.05, 0.1) is 16.7 Å². The standard InChI is InChI=1S/C19H12N2O5/c22-19-18-15(21(23)24)10-13(25-12-6-2-1-3-7-12)11-17(18)26-16-9-5-4-8-14(16)20-19/h1-11H,(H,20,22). The van der Waals surface area contributed by atoms with E-state index in [1.54, 1.807) is 48.5 Å². The van der Waals surface area contributed by atoms with Crippen LogP contribution in [0.25, 0.3) is 0 Å². The summed E-state index contributed by atoms with van der Waals surface area (Å²) in [5.74, 6) is 0.565. The summed E-state index contributed by atoms with van der Waals surface area (Å²) in [4.78, 5) is 23.4. The van der Waals surface area contributed by atoms with Gasteiger partial charge >= 0.3 is 0 Å². The number of hydrogen-bond donors (Lipinski definition) is 1. The van der Waals surface area contributed by atoms with Crippen molar-refractivity contribution in [3.05, 3.63) is 82.4 Å². The van der Waals surface area contributed by atoms with Gasteiger partial charge in [0.2, 0.25) is 0 Å². The molecule has 0 fully saturated rings. The van der Waals surface area contributed by atoms with Crippen molar-refractivity contribution in [1.29, 1.82) is 0 Å². The van der Waals surface area contributed by atoms with Crippen LogP contribution in [0, 0.1) is 10.1 Å². The highest BCUT2D eigenvalue weighted by molar-refractivity contribution is 6.10. The molecule has 3 aromatic rings. The van der Waals surface area contributed by atoms with Gasteiger partial charge in [-0.05, 0) is 24.3 Å². The Balaban J connectivity index is 1.84. The lowest BCUT2D eigenvalue weighted by Gasteiger charge is -2.11. The van der Waals surface area contributed by atoms with E-state index in [4.69, 9.17) is 9.47 Å². The summed E-state index contributed by atoms with van der Waals surface area (Å²) < 4.78 is 11.5. The third kappa shape index (κ3) is 2.82. The van der Waals surface area contributed by atoms with Crippen molar-refractivity contribution in [1.82, 2.24) is 0 Å². The lowest BCUT2D eigenvalue weighted by molar-refractivity contribution is -0.385. The van der Waals surface area contributed by atoms with Crippen LogP contribution in [0.15, 0.2) is 66.7 Å². The van der Waals surface area contributed by atoms with Crippen LogP contribution in [0.1, 0.15) is 10.4 Å². The van der Waals surface area contributed by atoms with Crippen LogP contribution < -0.4 is 14.8 Å². The quantitative estimate of drug-likeness (QED) is 0.545. The van der Waals surface area contributed by atoms with Gasteiger partial charge in [0.15, 0.2) is 17.1 Å². The highest BCUT2D eigenvalue weighted by Gasteiger charge is 2.31. The largest absolute Gasteiger partial charge is 0.457 e. The molecule has 128 valence electrons. The minimum atomic E-state index is -0.629. The molecule has 7 heteroatoms. The van der Waals surface area contributed by atoms with Crippen molar-refractivity contribution >= 4 is 17.3 Å². The average Bonchev–Trinajstić information content (AvgIpc) is 2.77. The van der Waals surface area contributed by atoms with Crippen molar-refractivity contribution in [2.45, 2.75) is 0 Å². The molecule has 0 aliphatic carbocycles. The fraction of sp³-hybridized carbons (Fsp3) is 0. The van der Waals surface area contributed by atoms with Gasteiger partial charge < -0.3 is 14.8 Å². The summed E-state index contributed by atoms with van der Waals surface area (Å²) >= 11 is 0. The maximum Gasteiger partial charge on any atom is 0.289 e. The van der Waals surface area contributed by atoms with Gasteiger partial charge in [-0.15, -0.1) is 0 Å². The molecule has 0 saturated carbocycles. The van der Waals surface area contributed by atoms with Crippen LogP contribution in [0.2, 0.25) is 0 Å². The Bertz CT molecular complexity index is 1020. The molecule has 0 spiro atoms. The van der Waals surface area contributed by atoms with Crippen molar-refractivity contribution in [3.8, 4) is 23.0 Å². The van der Waals surface area contributed by atoms with E-state index in [1.165, 1.54) is 12.1 Å². The summed E-state index contributed by atoms with van der Waals surface area (Å²) in [5, 5.41) is 14.2. The van der Waals surface area contributed by atoms with Gasteiger partial charge in [-0.3, -0.25) is 14.9 Å². The fourth-order valence-corrected chi connectivity index (χ4v) is 2.67. The first kappa shape index (κ1) is 15.6. The molecule has 1 amide bonds. The summed E-state index contributed by atoms with van der Waals surface area (Å²) in [7, 11) is 0. The number of ether oxygens (including phenoxy) is 2. The molecule has 0 saturated heterocycles. The molecular weight excluding hydrogens is 336 g/mol. The van der Waals surface area contributed by atoms with Gasteiger partial charge in [-0.25, -0.2) is 0 Å². The molecule has 26 heavy (non-hydrogen) atoms. The molecule has 0 aromatic heterocycles. The van der Waals surface area contributed by atoms with Crippen molar-refractivity contribution in [2.75, 3.05) is 5.32 Å². The lowest BCUT2D eigenvalue weighted by Crippen LogP contribution is -2.12. The normalized spacial score (nSPS) is 12.1. The monoisotopic (exact) mass is 348 g/mol. The third-order valence-corrected chi connectivity index (χ3v) is 3.81. The van der Waals surface area contributed by atoms with Crippen LogP contribution in [0.4, 0.5) is 11.4 Å². The van der Waals surface area contributed by atoms with Gasteiger partial charge in [-0.2, -0.15) is 0 Å². The highest BCUT2D eigenvalue weighted by atomic mass is 16.6. The van der Waals surface area contributed by atoms with E-state index in [0.717, 1.165) is 0 Å². The zero-order chi connectivity index (χ0) is 18.1. The third-order valence-electron chi connectivity index (χ3n) is 3.81. The number of rotatable bonds is 3. The number of amides is 1. The second kappa shape index (κ2) is 6.21. The second-order valence-electron chi connectivity index (χ2n) is 5.54. The van der Waals surface area contributed by atoms with E-state index >= 15 is 0 Å². The Morgan fingerprint density at radius 3 is 2.42 bits per heavy atom. The van der Waals surface area contributed by atoms with E-state index in [1.807, 2.05) is 6.07 Å². The Hall–Kier alpha value is -3.87. The van der Waals surface area contributed by atoms with Crippen LogP contribution in [0.5, 0.6) is 23.0 Å². The number of anilines is 1. The summed E-state index contributed by atoms with van der Waals surface area (Å²) in [6, 6.07) is 18.3. The van der Waals surface area contributed by atoms with Gasteiger partial charge in [0, 0.05) is 6.07 Å². The van der Waals surface area contributed by atoms with Gasteiger partial charge in [-0.1, -0.05) is 30.3 Å². The van der Waals surface area contributed by atoms with Gasteiger partial charge in [0.1, 0.15) is 11.5 Å². The molecule has 0 bridgehead atoms. The molecule has 4 rings (SSSR count). The van der Waals surface area contributed by atoms with Gasteiger partial charge in [0.25, 0.3) is 11.6 Å². The maximum absolute atomic E-state index is 12.5. The minimum absolute atomic E-state index is 0.0626.